The zero-order chi connectivity index (χ0) is 27.6. The average Bonchev–Trinajstić information content (AvgIpc) is 3.05. The van der Waals surface area contributed by atoms with Crippen molar-refractivity contribution in [1.29, 1.82) is 0 Å². The molecular weight excluding hydrogens is 504 g/mol. The van der Waals surface area contributed by atoms with E-state index in [1.165, 1.54) is 70.6 Å². The lowest BCUT2D eigenvalue weighted by Crippen LogP contribution is -2.50. The maximum absolute atomic E-state index is 2.84. The van der Waals surface area contributed by atoms with Crippen molar-refractivity contribution in [2.24, 2.45) is 53.3 Å². The van der Waals surface area contributed by atoms with E-state index in [1.807, 2.05) is 5.56 Å². The van der Waals surface area contributed by atoms with Gasteiger partial charge in [0.1, 0.15) is 0 Å². The minimum Gasteiger partial charge on any atom is -0.0622 e. The third-order valence-corrected chi connectivity index (χ3v) is 15.0. The molecule has 2 aromatic rings. The predicted octanol–water partition coefficient (Wildman–Crippen LogP) is 11.3. The first kappa shape index (κ1) is 26.8. The molecule has 0 saturated heterocycles. The van der Waals surface area contributed by atoms with Crippen molar-refractivity contribution in [3.63, 3.8) is 0 Å². The van der Waals surface area contributed by atoms with Crippen LogP contribution in [0.2, 0.25) is 0 Å². The summed E-state index contributed by atoms with van der Waals surface area (Å²) in [4.78, 5) is 0. The molecule has 7 aliphatic carbocycles. The largest absolute Gasteiger partial charge is 0.0622 e. The molecule has 0 heterocycles. The lowest BCUT2D eigenvalue weighted by molar-refractivity contribution is -0.0612. The third-order valence-electron chi connectivity index (χ3n) is 15.0. The summed E-state index contributed by atoms with van der Waals surface area (Å²) >= 11 is 0. The fourth-order valence-electron chi connectivity index (χ4n) is 13.4. The van der Waals surface area contributed by atoms with Crippen LogP contribution in [-0.2, 0) is 12.8 Å². The van der Waals surface area contributed by atoms with Gasteiger partial charge in [0.05, 0.1) is 0 Å². The van der Waals surface area contributed by atoms with E-state index >= 15 is 0 Å². The average molecular weight is 561 g/mol. The summed E-state index contributed by atoms with van der Waals surface area (Å²) in [5, 5.41) is 0. The molecule has 42 heavy (non-hydrogen) atoms. The van der Waals surface area contributed by atoms with E-state index in [0.29, 0.717) is 5.92 Å². The van der Waals surface area contributed by atoms with E-state index in [9.17, 15) is 0 Å². The van der Waals surface area contributed by atoms with E-state index in [1.54, 1.807) is 73.6 Å². The molecule has 10 unspecified atom stereocenters. The SMILES string of the molecule is c1ccc(C2c3cc4c(cc3C(C3CCCCC3)C3CC5CCC6CC7CCCCC7CC6C5CC23)CCCC4)cc1. The van der Waals surface area contributed by atoms with Crippen molar-refractivity contribution in [2.75, 3.05) is 0 Å². The van der Waals surface area contributed by atoms with Crippen LogP contribution in [0.3, 0.4) is 0 Å². The molecule has 7 aliphatic rings. The van der Waals surface area contributed by atoms with E-state index in [2.05, 4.69) is 42.5 Å². The Hall–Kier alpha value is -1.56. The molecular formula is C42H56. The zero-order valence-corrected chi connectivity index (χ0v) is 26.3. The normalized spacial score (nSPS) is 41.3. The van der Waals surface area contributed by atoms with Gasteiger partial charge < -0.3 is 0 Å². The van der Waals surface area contributed by atoms with Crippen LogP contribution in [0.25, 0.3) is 0 Å². The second-order valence-electron chi connectivity index (χ2n) is 16.8. The fourth-order valence-corrected chi connectivity index (χ4v) is 13.4. The second-order valence-corrected chi connectivity index (χ2v) is 16.8. The Morgan fingerprint density at radius 3 is 1.79 bits per heavy atom. The smallest absolute Gasteiger partial charge is 0.0123 e. The van der Waals surface area contributed by atoms with Gasteiger partial charge in [0, 0.05) is 5.92 Å². The molecule has 2 aromatic carbocycles. The Morgan fingerprint density at radius 2 is 1.02 bits per heavy atom. The standard InChI is InChI=1S/C42H56/c1-3-11-27(12-4-1)41-37-23-31-17-9-10-18-32(31)24-38(37)42(28-13-5-2-6-14-28)40-26-36-34(25-39(40)41)20-19-33-21-29-15-7-8-16-30(29)22-35(33)36/h2,5-6,13-14,23-24,27,29-30,33-36,39-42H,1,3-4,7-12,15-22,25-26H2. The van der Waals surface area contributed by atoms with Crippen LogP contribution >= 0.6 is 0 Å². The van der Waals surface area contributed by atoms with Gasteiger partial charge in [-0.15, -0.1) is 0 Å². The van der Waals surface area contributed by atoms with Crippen molar-refractivity contribution in [3.05, 3.63) is 70.3 Å². The Kier molecular flexibility index (Phi) is 7.09. The molecule has 0 aromatic heterocycles. The number of aryl methyl sites for hydroxylation is 2. The quantitative estimate of drug-likeness (QED) is 0.343. The van der Waals surface area contributed by atoms with Crippen molar-refractivity contribution in [2.45, 2.75) is 134 Å². The number of benzene rings is 2. The number of fused-ring (bicyclic) bond motifs is 7. The molecule has 224 valence electrons. The Morgan fingerprint density at radius 1 is 0.429 bits per heavy atom. The molecule has 0 nitrogen and oxygen atoms in total. The van der Waals surface area contributed by atoms with Gasteiger partial charge in [-0.2, -0.15) is 0 Å². The second kappa shape index (κ2) is 11.1. The van der Waals surface area contributed by atoms with Gasteiger partial charge in [-0.3, -0.25) is 0 Å². The van der Waals surface area contributed by atoms with Gasteiger partial charge in [0.15, 0.2) is 0 Å². The van der Waals surface area contributed by atoms with Crippen LogP contribution < -0.4 is 0 Å². The van der Waals surface area contributed by atoms with Crippen molar-refractivity contribution in [3.8, 4) is 0 Å². The zero-order valence-electron chi connectivity index (χ0n) is 26.3. The molecule has 5 fully saturated rings. The molecule has 0 heteroatoms. The Bertz CT molecular complexity index is 1250. The lowest BCUT2D eigenvalue weighted by atomic mass is 9.46. The minimum absolute atomic E-state index is 0.630. The molecule has 0 spiro atoms. The van der Waals surface area contributed by atoms with Crippen LogP contribution in [0.15, 0.2) is 42.5 Å². The van der Waals surface area contributed by atoms with Crippen LogP contribution in [-0.4, -0.2) is 0 Å². The Labute approximate surface area is 256 Å². The summed E-state index contributed by atoms with van der Waals surface area (Å²) in [6, 6.07) is 17.7. The summed E-state index contributed by atoms with van der Waals surface area (Å²) < 4.78 is 0. The van der Waals surface area contributed by atoms with E-state index in [-0.39, 0.29) is 0 Å². The highest BCUT2D eigenvalue weighted by Gasteiger charge is 2.55. The molecule has 0 aliphatic heterocycles. The number of hydrogen-bond donors (Lipinski definition) is 0. The van der Waals surface area contributed by atoms with Gasteiger partial charge in [-0.1, -0.05) is 87.4 Å². The minimum atomic E-state index is 0.630. The van der Waals surface area contributed by atoms with E-state index in [0.717, 1.165) is 59.2 Å². The highest BCUT2D eigenvalue weighted by Crippen LogP contribution is 2.65. The molecule has 5 saturated carbocycles. The first-order chi connectivity index (χ1) is 20.8. The van der Waals surface area contributed by atoms with Gasteiger partial charge in [0.25, 0.3) is 0 Å². The lowest BCUT2D eigenvalue weighted by Gasteiger charge is -2.59. The summed E-state index contributed by atoms with van der Waals surface area (Å²) in [5.74, 6) is 10.5. The van der Waals surface area contributed by atoms with Gasteiger partial charge in [-0.05, 0) is 164 Å². The van der Waals surface area contributed by atoms with Crippen molar-refractivity contribution < 1.29 is 0 Å². The van der Waals surface area contributed by atoms with Crippen LogP contribution in [0.1, 0.15) is 149 Å². The van der Waals surface area contributed by atoms with Crippen molar-refractivity contribution >= 4 is 0 Å². The topological polar surface area (TPSA) is 0 Å². The molecule has 0 radical (unpaired) electrons. The monoisotopic (exact) mass is 560 g/mol. The Balaban J connectivity index is 1.14. The maximum atomic E-state index is 2.84. The van der Waals surface area contributed by atoms with Crippen LogP contribution in [0.4, 0.5) is 0 Å². The first-order valence-electron chi connectivity index (χ1n) is 19.0. The van der Waals surface area contributed by atoms with Crippen LogP contribution in [0, 0.1) is 53.3 Å². The predicted molar refractivity (Wildman–Crippen MR) is 175 cm³/mol. The summed E-state index contributed by atoms with van der Waals surface area (Å²) in [5.41, 5.74) is 8.77. The van der Waals surface area contributed by atoms with Crippen molar-refractivity contribution in [1.82, 2.24) is 0 Å². The number of hydrogen-bond acceptors (Lipinski definition) is 0. The highest BCUT2D eigenvalue weighted by atomic mass is 14.6. The van der Waals surface area contributed by atoms with E-state index < -0.39 is 0 Å². The highest BCUT2D eigenvalue weighted by molar-refractivity contribution is 5.50. The molecule has 9 rings (SSSR count). The maximum Gasteiger partial charge on any atom is 0.0123 e. The molecule has 0 bridgehead atoms. The number of rotatable bonds is 2. The fraction of sp³-hybridized carbons (Fsp3) is 0.714. The van der Waals surface area contributed by atoms with Gasteiger partial charge in [-0.25, -0.2) is 0 Å². The third kappa shape index (κ3) is 4.50. The summed E-state index contributed by atoms with van der Waals surface area (Å²) in [7, 11) is 0. The van der Waals surface area contributed by atoms with Gasteiger partial charge in [0.2, 0.25) is 0 Å². The summed E-state index contributed by atoms with van der Waals surface area (Å²) in [6.45, 7) is 0. The van der Waals surface area contributed by atoms with E-state index in [4.69, 9.17) is 0 Å². The first-order valence-corrected chi connectivity index (χ1v) is 19.0. The molecule has 10 atom stereocenters. The van der Waals surface area contributed by atoms with Crippen LogP contribution in [0.5, 0.6) is 0 Å². The van der Waals surface area contributed by atoms with Gasteiger partial charge >= 0.3 is 0 Å². The molecule has 0 amide bonds. The summed E-state index contributed by atoms with van der Waals surface area (Å²) in [6.07, 6.45) is 28.6. The molecule has 0 N–H and O–H groups in total.